The Bertz CT molecular complexity index is 528. The quantitative estimate of drug-likeness (QED) is 0.306. The summed E-state index contributed by atoms with van der Waals surface area (Å²) in [5, 5.41) is 0. The number of carbonyl (C=O) groups is 3. The van der Waals surface area contributed by atoms with Gasteiger partial charge in [-0.25, -0.2) is 4.79 Å². The summed E-state index contributed by atoms with van der Waals surface area (Å²) < 4.78 is 20.8. The molecule has 0 saturated carbocycles. The van der Waals surface area contributed by atoms with Crippen molar-refractivity contribution >= 4 is 17.9 Å². The van der Waals surface area contributed by atoms with Gasteiger partial charge in [-0.1, -0.05) is 6.58 Å². The molecule has 3 fully saturated rings. The number of fused-ring (bicyclic) bond motifs is 1. The van der Waals surface area contributed by atoms with E-state index in [0.717, 1.165) is 18.9 Å². The van der Waals surface area contributed by atoms with Crippen LogP contribution in [0.1, 0.15) is 25.7 Å². The number of esters is 3. The van der Waals surface area contributed by atoms with E-state index in [0.29, 0.717) is 6.42 Å². The minimum absolute atomic E-state index is 0.0224. The lowest BCUT2D eigenvalue weighted by atomic mass is 9.65. The zero-order valence-corrected chi connectivity index (χ0v) is 12.2. The molecular formula is C15H18O7. The Morgan fingerprint density at radius 1 is 1.36 bits per heavy atom. The summed E-state index contributed by atoms with van der Waals surface area (Å²) in [5.41, 5.74) is -1.58. The maximum atomic E-state index is 12.2. The molecule has 0 N–H and O–H groups in total. The fourth-order valence-electron chi connectivity index (χ4n) is 3.69. The molecule has 7 nitrogen and oxygen atoms in total. The van der Waals surface area contributed by atoms with Gasteiger partial charge in [-0.3, -0.25) is 9.59 Å². The van der Waals surface area contributed by atoms with Gasteiger partial charge in [-0.15, -0.1) is 0 Å². The van der Waals surface area contributed by atoms with Crippen LogP contribution in [0.2, 0.25) is 0 Å². The molecule has 3 unspecified atom stereocenters. The molecule has 3 aliphatic heterocycles. The lowest BCUT2D eigenvalue weighted by Crippen LogP contribution is -2.47. The van der Waals surface area contributed by atoms with E-state index in [-0.39, 0.29) is 38.3 Å². The second-order valence-corrected chi connectivity index (χ2v) is 5.90. The summed E-state index contributed by atoms with van der Waals surface area (Å²) >= 11 is 0. The molecule has 3 saturated heterocycles. The predicted molar refractivity (Wildman–Crippen MR) is 71.6 cm³/mol. The minimum Gasteiger partial charge on any atom is -0.462 e. The number of hydrogen-bond donors (Lipinski definition) is 0. The third-order valence-corrected chi connectivity index (χ3v) is 4.74. The maximum absolute atomic E-state index is 12.2. The molecule has 0 aliphatic carbocycles. The van der Waals surface area contributed by atoms with Crippen LogP contribution in [0.25, 0.3) is 0 Å². The molecule has 22 heavy (non-hydrogen) atoms. The van der Waals surface area contributed by atoms with Crippen LogP contribution in [-0.4, -0.2) is 49.4 Å². The molecule has 0 aromatic carbocycles. The van der Waals surface area contributed by atoms with Crippen molar-refractivity contribution in [1.29, 1.82) is 0 Å². The van der Waals surface area contributed by atoms with Gasteiger partial charge in [0.15, 0.2) is 0 Å². The highest BCUT2D eigenvalue weighted by Gasteiger charge is 2.72. The molecule has 0 amide bonds. The second kappa shape index (κ2) is 5.39. The number of ether oxygens (including phenoxy) is 4. The molecular weight excluding hydrogens is 292 g/mol. The highest BCUT2D eigenvalue weighted by atomic mass is 16.6. The Labute approximate surface area is 127 Å². The van der Waals surface area contributed by atoms with Gasteiger partial charge in [0.05, 0.1) is 12.5 Å². The molecule has 3 rings (SSSR count). The van der Waals surface area contributed by atoms with Crippen LogP contribution in [0.3, 0.4) is 0 Å². The van der Waals surface area contributed by atoms with Crippen LogP contribution >= 0.6 is 0 Å². The van der Waals surface area contributed by atoms with Crippen molar-refractivity contribution in [3.8, 4) is 0 Å². The molecule has 120 valence electrons. The molecule has 3 atom stereocenters. The summed E-state index contributed by atoms with van der Waals surface area (Å²) in [5.74, 6) is -1.46. The molecule has 0 aromatic heterocycles. The lowest BCUT2D eigenvalue weighted by molar-refractivity contribution is -0.158. The Balaban J connectivity index is 1.56. The minimum atomic E-state index is -0.912. The van der Waals surface area contributed by atoms with Gasteiger partial charge in [0, 0.05) is 6.08 Å². The highest BCUT2D eigenvalue weighted by molar-refractivity contribution is 5.87. The molecule has 3 heterocycles. The normalized spacial score (nSPS) is 34.9. The average molecular weight is 310 g/mol. The third kappa shape index (κ3) is 2.20. The van der Waals surface area contributed by atoms with Crippen LogP contribution in [-0.2, 0) is 33.3 Å². The molecule has 3 aliphatic rings. The van der Waals surface area contributed by atoms with E-state index in [1.807, 2.05) is 0 Å². The second-order valence-electron chi connectivity index (χ2n) is 5.90. The monoisotopic (exact) mass is 310 g/mol. The number of carbonyl (C=O) groups excluding carboxylic acids is 3. The molecule has 2 bridgehead atoms. The zero-order chi connectivity index (χ0) is 15.8. The highest BCUT2D eigenvalue weighted by Crippen LogP contribution is 2.61. The smallest absolute Gasteiger partial charge is 0.330 e. The maximum Gasteiger partial charge on any atom is 0.330 e. The Morgan fingerprint density at radius 2 is 2.14 bits per heavy atom. The average Bonchev–Trinajstić information content (AvgIpc) is 3.12. The first-order chi connectivity index (χ1) is 10.5. The van der Waals surface area contributed by atoms with Crippen molar-refractivity contribution in [1.82, 2.24) is 0 Å². The van der Waals surface area contributed by atoms with Crippen molar-refractivity contribution < 1.29 is 33.3 Å². The fourth-order valence-corrected chi connectivity index (χ4v) is 3.69. The molecule has 1 spiro atoms. The third-order valence-electron chi connectivity index (χ3n) is 4.74. The number of hydrogen-bond acceptors (Lipinski definition) is 7. The van der Waals surface area contributed by atoms with Crippen molar-refractivity contribution in [3.63, 3.8) is 0 Å². The Hall–Kier alpha value is -1.89. The van der Waals surface area contributed by atoms with Crippen molar-refractivity contribution in [2.45, 2.75) is 37.4 Å². The van der Waals surface area contributed by atoms with Crippen molar-refractivity contribution in [2.24, 2.45) is 5.41 Å². The van der Waals surface area contributed by atoms with Crippen LogP contribution in [0.5, 0.6) is 0 Å². The summed E-state index contributed by atoms with van der Waals surface area (Å²) in [4.78, 5) is 35.0. The summed E-state index contributed by atoms with van der Waals surface area (Å²) in [6.07, 6.45) is 3.13. The van der Waals surface area contributed by atoms with Crippen LogP contribution in [0.15, 0.2) is 12.7 Å². The predicted octanol–water partition coefficient (Wildman–Crippen LogP) is 0.514. The van der Waals surface area contributed by atoms with E-state index in [1.54, 1.807) is 0 Å². The van der Waals surface area contributed by atoms with Gasteiger partial charge < -0.3 is 18.9 Å². The first-order valence-electron chi connectivity index (χ1n) is 7.31. The van der Waals surface area contributed by atoms with E-state index >= 15 is 0 Å². The SMILES string of the molecule is C=CC(=O)OCCOC(=O)CC12CC3CCC1(COC2=O)O3. The van der Waals surface area contributed by atoms with E-state index in [9.17, 15) is 14.4 Å². The fraction of sp³-hybridized carbons (Fsp3) is 0.667. The summed E-state index contributed by atoms with van der Waals surface area (Å²) in [6, 6.07) is 0. The molecule has 0 aromatic rings. The number of cyclic esters (lactones) is 1. The topological polar surface area (TPSA) is 88.1 Å². The van der Waals surface area contributed by atoms with Crippen LogP contribution in [0.4, 0.5) is 0 Å². The van der Waals surface area contributed by atoms with Crippen molar-refractivity contribution in [3.05, 3.63) is 12.7 Å². The Kier molecular flexibility index (Phi) is 3.68. The van der Waals surface area contributed by atoms with Gasteiger partial charge in [-0.2, -0.15) is 0 Å². The van der Waals surface area contributed by atoms with Crippen LogP contribution in [0, 0.1) is 5.41 Å². The lowest BCUT2D eigenvalue weighted by Gasteiger charge is -2.33. The van der Waals surface area contributed by atoms with Gasteiger partial charge >= 0.3 is 17.9 Å². The number of rotatable bonds is 6. The van der Waals surface area contributed by atoms with E-state index in [2.05, 4.69) is 6.58 Å². The summed E-state index contributed by atoms with van der Waals surface area (Å²) in [6.45, 7) is 3.38. The first kappa shape index (κ1) is 15.0. The zero-order valence-electron chi connectivity index (χ0n) is 12.2. The first-order valence-corrected chi connectivity index (χ1v) is 7.31. The van der Waals surface area contributed by atoms with E-state index < -0.39 is 23.0 Å². The van der Waals surface area contributed by atoms with Gasteiger partial charge in [0.2, 0.25) is 0 Å². The Morgan fingerprint density at radius 3 is 2.86 bits per heavy atom. The van der Waals surface area contributed by atoms with Crippen LogP contribution < -0.4 is 0 Å². The molecule has 0 radical (unpaired) electrons. The van der Waals surface area contributed by atoms with Crippen molar-refractivity contribution in [2.75, 3.05) is 19.8 Å². The van der Waals surface area contributed by atoms with Gasteiger partial charge in [0.25, 0.3) is 0 Å². The van der Waals surface area contributed by atoms with Gasteiger partial charge in [0.1, 0.15) is 30.8 Å². The largest absolute Gasteiger partial charge is 0.462 e. The van der Waals surface area contributed by atoms with Gasteiger partial charge in [-0.05, 0) is 19.3 Å². The van der Waals surface area contributed by atoms with E-state index in [1.165, 1.54) is 0 Å². The standard InChI is InChI=1S/C15H18O7/c1-2-11(16)19-5-6-20-12(17)8-14-7-10-3-4-15(14,22-10)9-21-13(14)18/h2,10H,1,3-9H2. The molecule has 7 heteroatoms. The van der Waals surface area contributed by atoms with E-state index in [4.69, 9.17) is 18.9 Å². The summed E-state index contributed by atoms with van der Waals surface area (Å²) in [7, 11) is 0.